The number of hydrogen-bond acceptors (Lipinski definition) is 6. The van der Waals surface area contributed by atoms with Gasteiger partial charge < -0.3 is 10.3 Å². The average molecular weight is 493 g/mol. The number of aryl methyl sites for hydroxylation is 1. The number of halogens is 1. The molecule has 36 heavy (non-hydrogen) atoms. The van der Waals surface area contributed by atoms with Crippen molar-refractivity contribution < 1.29 is 18.8 Å². The first kappa shape index (κ1) is 25.0. The van der Waals surface area contributed by atoms with Gasteiger partial charge in [-0.25, -0.2) is 14.4 Å². The molecule has 2 aromatic heterocycles. The standard InChI is InChI=1S/C26H29FN6O3/c1-4-17(18-5-7-19(27)8-6-18)15-22(34)33-23(25(36)32(3)26-30-11-12-31(26)2)20(24(33)35)13-16-9-10-29-21(28)14-16/h5-12,14,17,20,23H,4,13,15H2,1-3H3,(H2,28,29)/t17-,20+,23-/m0/s1. The zero-order valence-corrected chi connectivity index (χ0v) is 20.5. The van der Waals surface area contributed by atoms with E-state index in [9.17, 15) is 18.8 Å². The Morgan fingerprint density at radius 1 is 1.17 bits per heavy atom. The average Bonchev–Trinajstić information content (AvgIpc) is 3.29. The van der Waals surface area contributed by atoms with Crippen molar-refractivity contribution in [2.75, 3.05) is 17.7 Å². The summed E-state index contributed by atoms with van der Waals surface area (Å²) in [5.74, 6) is -1.84. The van der Waals surface area contributed by atoms with Gasteiger partial charge in [-0.2, -0.15) is 0 Å². The third-order valence-corrected chi connectivity index (χ3v) is 6.72. The van der Waals surface area contributed by atoms with Crippen LogP contribution >= 0.6 is 0 Å². The number of nitrogen functional groups attached to an aromatic ring is 1. The largest absolute Gasteiger partial charge is 0.384 e. The molecule has 2 N–H and O–H groups in total. The fourth-order valence-electron chi connectivity index (χ4n) is 4.70. The minimum absolute atomic E-state index is 0.0265. The zero-order chi connectivity index (χ0) is 26.0. The number of rotatable bonds is 8. The Morgan fingerprint density at radius 3 is 2.50 bits per heavy atom. The first-order chi connectivity index (χ1) is 17.2. The quantitative estimate of drug-likeness (QED) is 0.484. The summed E-state index contributed by atoms with van der Waals surface area (Å²) < 4.78 is 15.1. The molecule has 0 spiro atoms. The Labute approximate surface area is 208 Å². The van der Waals surface area contributed by atoms with Gasteiger partial charge in [-0.15, -0.1) is 0 Å². The maximum Gasteiger partial charge on any atom is 0.253 e. The second kappa shape index (κ2) is 10.3. The van der Waals surface area contributed by atoms with Gasteiger partial charge >= 0.3 is 0 Å². The Morgan fingerprint density at radius 2 is 1.89 bits per heavy atom. The molecular formula is C26H29FN6O3. The van der Waals surface area contributed by atoms with Gasteiger partial charge in [-0.1, -0.05) is 19.1 Å². The lowest BCUT2D eigenvalue weighted by Crippen LogP contribution is -2.69. The molecule has 3 amide bonds. The Kier molecular flexibility index (Phi) is 7.14. The van der Waals surface area contributed by atoms with Gasteiger partial charge in [0, 0.05) is 39.1 Å². The van der Waals surface area contributed by atoms with Crippen molar-refractivity contribution in [2.45, 2.75) is 38.1 Å². The molecule has 3 atom stereocenters. The minimum atomic E-state index is -0.980. The molecule has 1 saturated heterocycles. The van der Waals surface area contributed by atoms with E-state index in [1.807, 2.05) is 6.92 Å². The highest BCUT2D eigenvalue weighted by Crippen LogP contribution is 2.35. The van der Waals surface area contributed by atoms with Crippen molar-refractivity contribution in [3.8, 4) is 0 Å². The number of nitrogens with zero attached hydrogens (tertiary/aromatic N) is 5. The fraction of sp³-hybridized carbons (Fsp3) is 0.346. The number of amides is 3. The molecule has 0 saturated carbocycles. The molecule has 0 bridgehead atoms. The molecule has 1 aliphatic heterocycles. The normalized spacial score (nSPS) is 18.0. The smallest absolute Gasteiger partial charge is 0.253 e. The molecule has 10 heteroatoms. The highest BCUT2D eigenvalue weighted by atomic mass is 19.1. The van der Waals surface area contributed by atoms with Crippen LogP contribution in [0.2, 0.25) is 0 Å². The molecule has 1 aromatic carbocycles. The number of imide groups is 1. The predicted molar refractivity (Wildman–Crippen MR) is 132 cm³/mol. The number of β-lactam (4-membered cyclic amide) rings is 1. The van der Waals surface area contributed by atoms with Crippen LogP contribution in [0.5, 0.6) is 0 Å². The van der Waals surface area contributed by atoms with E-state index in [2.05, 4.69) is 9.97 Å². The number of anilines is 2. The molecule has 0 unspecified atom stereocenters. The maximum absolute atomic E-state index is 13.6. The van der Waals surface area contributed by atoms with Crippen molar-refractivity contribution >= 4 is 29.5 Å². The van der Waals surface area contributed by atoms with Gasteiger partial charge in [-0.05, 0) is 54.2 Å². The Balaban J connectivity index is 1.60. The van der Waals surface area contributed by atoms with E-state index in [-0.39, 0.29) is 24.6 Å². The molecule has 3 aromatic rings. The number of carbonyl (C=O) groups is 3. The second-order valence-corrected chi connectivity index (χ2v) is 9.04. The molecule has 3 heterocycles. The van der Waals surface area contributed by atoms with Crippen LogP contribution in [0.4, 0.5) is 16.2 Å². The predicted octanol–water partition coefficient (Wildman–Crippen LogP) is 2.68. The molecule has 0 aliphatic carbocycles. The number of aromatic nitrogens is 3. The molecule has 9 nitrogen and oxygen atoms in total. The summed E-state index contributed by atoms with van der Waals surface area (Å²) in [6, 6.07) is 8.39. The summed E-state index contributed by atoms with van der Waals surface area (Å²) in [5.41, 5.74) is 7.35. The first-order valence-electron chi connectivity index (χ1n) is 11.8. The number of likely N-dealkylation sites (N-methyl/N-ethyl adjacent to an activating group) is 1. The van der Waals surface area contributed by atoms with Crippen LogP contribution < -0.4 is 10.6 Å². The highest BCUT2D eigenvalue weighted by molar-refractivity contribution is 6.12. The van der Waals surface area contributed by atoms with Gasteiger partial charge in [0.1, 0.15) is 17.7 Å². The van der Waals surface area contributed by atoms with Crippen LogP contribution in [0.25, 0.3) is 0 Å². The second-order valence-electron chi connectivity index (χ2n) is 9.04. The van der Waals surface area contributed by atoms with Gasteiger partial charge in [0.15, 0.2) is 0 Å². The third kappa shape index (κ3) is 4.84. The molecule has 1 fully saturated rings. The molecule has 4 rings (SSSR count). The van der Waals surface area contributed by atoms with E-state index in [1.54, 1.807) is 61.5 Å². The summed E-state index contributed by atoms with van der Waals surface area (Å²) in [4.78, 5) is 50.9. The number of pyridine rings is 1. The van der Waals surface area contributed by atoms with E-state index in [1.165, 1.54) is 17.0 Å². The van der Waals surface area contributed by atoms with Crippen LogP contribution in [0.15, 0.2) is 55.0 Å². The SMILES string of the molecule is CC[C@@H](CC(=O)N1C(=O)[C@H](Cc2ccnc(N)c2)[C@H]1C(=O)N(C)c1nccn1C)c1ccc(F)cc1. The van der Waals surface area contributed by atoms with E-state index in [0.717, 1.165) is 16.0 Å². The summed E-state index contributed by atoms with van der Waals surface area (Å²) in [6.45, 7) is 1.92. The van der Waals surface area contributed by atoms with E-state index in [0.29, 0.717) is 18.2 Å². The third-order valence-electron chi connectivity index (χ3n) is 6.72. The lowest BCUT2D eigenvalue weighted by molar-refractivity contribution is -0.170. The molecule has 1 aliphatic rings. The summed E-state index contributed by atoms with van der Waals surface area (Å²) in [6.07, 6.45) is 5.71. The number of likely N-dealkylation sites (tertiary alicyclic amines) is 1. The zero-order valence-electron chi connectivity index (χ0n) is 20.5. The van der Waals surface area contributed by atoms with Crippen molar-refractivity contribution in [1.82, 2.24) is 19.4 Å². The lowest BCUT2D eigenvalue weighted by atomic mass is 9.80. The number of carbonyl (C=O) groups excluding carboxylic acids is 3. The van der Waals surface area contributed by atoms with Crippen molar-refractivity contribution in [1.29, 1.82) is 0 Å². The van der Waals surface area contributed by atoms with Crippen molar-refractivity contribution in [2.24, 2.45) is 13.0 Å². The Bertz CT molecular complexity index is 1270. The van der Waals surface area contributed by atoms with E-state index in [4.69, 9.17) is 5.73 Å². The molecule has 188 valence electrons. The summed E-state index contributed by atoms with van der Waals surface area (Å²) >= 11 is 0. The highest BCUT2D eigenvalue weighted by Gasteiger charge is 2.55. The van der Waals surface area contributed by atoms with Crippen LogP contribution in [0, 0.1) is 11.7 Å². The number of benzene rings is 1. The minimum Gasteiger partial charge on any atom is -0.384 e. The van der Waals surface area contributed by atoms with Crippen LogP contribution in [0.1, 0.15) is 36.8 Å². The van der Waals surface area contributed by atoms with Gasteiger partial charge in [0.25, 0.3) is 5.91 Å². The van der Waals surface area contributed by atoms with Crippen molar-refractivity contribution in [3.05, 3.63) is 71.9 Å². The molecular weight excluding hydrogens is 463 g/mol. The fourth-order valence-corrected chi connectivity index (χ4v) is 4.70. The first-order valence-corrected chi connectivity index (χ1v) is 11.8. The Hall–Kier alpha value is -4.08. The van der Waals surface area contributed by atoms with Gasteiger partial charge in [0.05, 0.1) is 5.92 Å². The van der Waals surface area contributed by atoms with Crippen LogP contribution in [-0.2, 0) is 27.9 Å². The van der Waals surface area contributed by atoms with Gasteiger partial charge in [0.2, 0.25) is 17.8 Å². The lowest BCUT2D eigenvalue weighted by Gasteiger charge is -2.46. The van der Waals surface area contributed by atoms with Crippen LogP contribution in [-0.4, -0.2) is 50.2 Å². The van der Waals surface area contributed by atoms with Crippen molar-refractivity contribution in [3.63, 3.8) is 0 Å². The van der Waals surface area contributed by atoms with Crippen LogP contribution in [0.3, 0.4) is 0 Å². The van der Waals surface area contributed by atoms with E-state index < -0.39 is 29.7 Å². The van der Waals surface area contributed by atoms with Gasteiger partial charge in [-0.3, -0.25) is 24.2 Å². The number of nitrogens with two attached hydrogens (primary N) is 1. The molecule has 0 radical (unpaired) electrons. The topological polar surface area (TPSA) is 114 Å². The number of hydrogen-bond donors (Lipinski definition) is 1. The maximum atomic E-state index is 13.6. The summed E-state index contributed by atoms with van der Waals surface area (Å²) in [5, 5.41) is 0. The summed E-state index contributed by atoms with van der Waals surface area (Å²) in [7, 11) is 3.33. The van der Waals surface area contributed by atoms with E-state index >= 15 is 0 Å². The monoisotopic (exact) mass is 492 g/mol. The number of imidazole rings is 1.